The van der Waals surface area contributed by atoms with E-state index >= 15 is 0 Å². The molecule has 4 heterocycles. The molecule has 9 heteroatoms. The summed E-state index contributed by atoms with van der Waals surface area (Å²) >= 11 is 0. The Labute approximate surface area is 190 Å². The molecular formula is C24H25N6O3+. The number of carboxylic acids is 1. The van der Waals surface area contributed by atoms with Crippen LogP contribution >= 0.6 is 0 Å². The third kappa shape index (κ3) is 3.87. The monoisotopic (exact) mass is 445 g/mol. The molecule has 0 saturated carbocycles. The van der Waals surface area contributed by atoms with Crippen molar-refractivity contribution in [2.45, 2.75) is 18.9 Å². The third-order valence-electron chi connectivity index (χ3n) is 6.11. The van der Waals surface area contributed by atoms with Crippen molar-refractivity contribution >= 4 is 28.9 Å². The molecule has 3 N–H and O–H groups in total. The van der Waals surface area contributed by atoms with Crippen LogP contribution in [0.4, 0.5) is 17.3 Å². The average molecular weight is 446 g/mol. The predicted molar refractivity (Wildman–Crippen MR) is 124 cm³/mol. The van der Waals surface area contributed by atoms with Crippen LogP contribution in [0.1, 0.15) is 23.2 Å². The van der Waals surface area contributed by atoms with Crippen LogP contribution in [0, 0.1) is 0 Å². The van der Waals surface area contributed by atoms with Crippen LogP contribution in [0.3, 0.4) is 0 Å². The first-order chi connectivity index (χ1) is 16.0. The molecule has 168 valence electrons. The highest BCUT2D eigenvalue weighted by atomic mass is 16.4. The second kappa shape index (κ2) is 8.51. The summed E-state index contributed by atoms with van der Waals surface area (Å²) < 4.78 is 3.75. The topological polar surface area (TPSA) is 107 Å². The van der Waals surface area contributed by atoms with Gasteiger partial charge in [0.1, 0.15) is 5.69 Å². The van der Waals surface area contributed by atoms with Crippen molar-refractivity contribution in [3.8, 4) is 11.3 Å². The minimum Gasteiger partial charge on any atom is -0.478 e. The molecule has 9 nitrogen and oxygen atoms in total. The number of carbonyl (C=O) groups is 1. The summed E-state index contributed by atoms with van der Waals surface area (Å²) in [7, 11) is 1.99. The SMILES string of the molecule is C[n+]1c(Nc2cc(-c3cccc(C(=O)O)c3)nn3ccnc23)cccc1N1CCCC1CO. The van der Waals surface area contributed by atoms with E-state index in [9.17, 15) is 15.0 Å². The molecule has 33 heavy (non-hydrogen) atoms. The summed E-state index contributed by atoms with van der Waals surface area (Å²) in [6.45, 7) is 1.04. The fourth-order valence-electron chi connectivity index (χ4n) is 4.41. The van der Waals surface area contributed by atoms with Crippen LogP contribution < -0.4 is 14.8 Å². The quantitative estimate of drug-likeness (QED) is 0.392. The van der Waals surface area contributed by atoms with Crippen molar-refractivity contribution in [3.63, 3.8) is 0 Å². The fourth-order valence-corrected chi connectivity index (χ4v) is 4.41. The lowest BCUT2D eigenvalue weighted by Gasteiger charge is -2.22. The highest BCUT2D eigenvalue weighted by Gasteiger charge is 2.30. The molecule has 1 aromatic carbocycles. The van der Waals surface area contributed by atoms with Gasteiger partial charge < -0.3 is 10.2 Å². The van der Waals surface area contributed by atoms with Gasteiger partial charge in [0.25, 0.3) is 0 Å². The smallest absolute Gasteiger partial charge is 0.335 e. The number of aromatic carboxylic acids is 1. The second-order valence-corrected chi connectivity index (χ2v) is 8.15. The number of nitrogens with zero attached hydrogens (tertiary/aromatic N) is 5. The molecule has 0 amide bonds. The molecule has 0 spiro atoms. The van der Waals surface area contributed by atoms with Crippen molar-refractivity contribution in [1.82, 2.24) is 14.6 Å². The Balaban J connectivity index is 1.55. The zero-order valence-corrected chi connectivity index (χ0v) is 18.2. The molecule has 4 aromatic rings. The third-order valence-corrected chi connectivity index (χ3v) is 6.11. The van der Waals surface area contributed by atoms with E-state index < -0.39 is 5.97 Å². The van der Waals surface area contributed by atoms with E-state index in [0.29, 0.717) is 16.9 Å². The average Bonchev–Trinajstić information content (AvgIpc) is 3.50. The number of anilines is 3. The van der Waals surface area contributed by atoms with Gasteiger partial charge in [0.05, 0.1) is 37.5 Å². The number of aromatic nitrogens is 4. The zero-order valence-electron chi connectivity index (χ0n) is 18.2. The maximum absolute atomic E-state index is 11.4. The largest absolute Gasteiger partial charge is 0.478 e. The molecular weight excluding hydrogens is 420 g/mol. The first kappa shape index (κ1) is 20.9. The first-order valence-electron chi connectivity index (χ1n) is 10.9. The van der Waals surface area contributed by atoms with Crippen molar-refractivity contribution in [2.24, 2.45) is 7.05 Å². The zero-order chi connectivity index (χ0) is 22.9. The summed E-state index contributed by atoms with van der Waals surface area (Å²) in [6.07, 6.45) is 5.47. The number of rotatable bonds is 6. The van der Waals surface area contributed by atoms with Crippen LogP contribution in [-0.2, 0) is 7.05 Å². The Morgan fingerprint density at radius 3 is 2.91 bits per heavy atom. The minimum atomic E-state index is -0.981. The van der Waals surface area contributed by atoms with E-state index in [1.54, 1.807) is 35.1 Å². The predicted octanol–water partition coefficient (Wildman–Crippen LogP) is 2.62. The summed E-state index contributed by atoms with van der Waals surface area (Å²) in [5, 5.41) is 27.2. The molecule has 1 aliphatic heterocycles. The Morgan fingerprint density at radius 2 is 2.09 bits per heavy atom. The Morgan fingerprint density at radius 1 is 1.24 bits per heavy atom. The summed E-state index contributed by atoms with van der Waals surface area (Å²) in [4.78, 5) is 18.1. The summed E-state index contributed by atoms with van der Waals surface area (Å²) in [5.74, 6) is 0.905. The number of aliphatic hydroxyl groups is 1. The van der Waals surface area contributed by atoms with Gasteiger partial charge in [-0.3, -0.25) is 10.2 Å². The number of benzene rings is 1. The van der Waals surface area contributed by atoms with E-state index in [1.165, 1.54) is 0 Å². The molecule has 1 aliphatic rings. The normalized spacial score (nSPS) is 15.8. The Kier molecular flexibility index (Phi) is 5.39. The van der Waals surface area contributed by atoms with E-state index in [2.05, 4.69) is 30.9 Å². The number of pyridine rings is 1. The molecule has 0 bridgehead atoms. The number of carboxylic acid groups (broad SMARTS) is 1. The van der Waals surface area contributed by atoms with E-state index in [4.69, 9.17) is 0 Å². The number of nitrogens with one attached hydrogen (secondary N) is 1. The number of aliphatic hydroxyl groups excluding tert-OH is 1. The second-order valence-electron chi connectivity index (χ2n) is 8.15. The van der Waals surface area contributed by atoms with Crippen LogP contribution in [0.25, 0.3) is 16.9 Å². The van der Waals surface area contributed by atoms with Gasteiger partial charge in [-0.15, -0.1) is 0 Å². The van der Waals surface area contributed by atoms with Crippen molar-refractivity contribution in [1.29, 1.82) is 0 Å². The van der Waals surface area contributed by atoms with Gasteiger partial charge in [0, 0.05) is 36.2 Å². The molecule has 0 radical (unpaired) electrons. The van der Waals surface area contributed by atoms with Gasteiger partial charge in [-0.2, -0.15) is 5.10 Å². The molecule has 3 aromatic heterocycles. The van der Waals surface area contributed by atoms with Crippen molar-refractivity contribution in [2.75, 3.05) is 23.4 Å². The van der Waals surface area contributed by atoms with Crippen LogP contribution in [0.5, 0.6) is 0 Å². The Bertz CT molecular complexity index is 1340. The lowest BCUT2D eigenvalue weighted by molar-refractivity contribution is -0.644. The van der Waals surface area contributed by atoms with Gasteiger partial charge in [-0.05, 0) is 31.0 Å². The molecule has 1 fully saturated rings. The minimum absolute atomic E-state index is 0.125. The Hall–Kier alpha value is -3.98. The first-order valence-corrected chi connectivity index (χ1v) is 10.9. The molecule has 1 saturated heterocycles. The van der Waals surface area contributed by atoms with Crippen LogP contribution in [-0.4, -0.2) is 50.0 Å². The van der Waals surface area contributed by atoms with E-state index in [0.717, 1.165) is 36.7 Å². The van der Waals surface area contributed by atoms with Gasteiger partial charge in [-0.25, -0.2) is 18.9 Å². The highest BCUT2D eigenvalue weighted by molar-refractivity contribution is 5.89. The van der Waals surface area contributed by atoms with Gasteiger partial charge in [0.2, 0.25) is 11.6 Å². The number of imidazole rings is 1. The van der Waals surface area contributed by atoms with Gasteiger partial charge >= 0.3 is 5.97 Å². The van der Waals surface area contributed by atoms with Gasteiger partial charge in [-0.1, -0.05) is 12.1 Å². The fraction of sp³-hybridized carbons (Fsp3) is 0.250. The van der Waals surface area contributed by atoms with E-state index in [1.807, 2.05) is 31.3 Å². The summed E-state index contributed by atoms with van der Waals surface area (Å²) in [5.41, 5.74) is 2.95. The number of hydrogen-bond donors (Lipinski definition) is 3. The summed E-state index contributed by atoms with van der Waals surface area (Å²) in [6, 6.07) is 14.8. The number of fused-ring (bicyclic) bond motifs is 1. The lowest BCUT2D eigenvalue weighted by atomic mass is 10.1. The van der Waals surface area contributed by atoms with Crippen LogP contribution in [0.15, 0.2) is 60.9 Å². The van der Waals surface area contributed by atoms with Crippen molar-refractivity contribution in [3.05, 3.63) is 66.5 Å². The molecule has 1 unspecified atom stereocenters. The van der Waals surface area contributed by atoms with Gasteiger partial charge in [0.15, 0.2) is 5.65 Å². The molecule has 1 atom stereocenters. The molecule has 5 rings (SSSR count). The van der Waals surface area contributed by atoms with Crippen LogP contribution in [0.2, 0.25) is 0 Å². The van der Waals surface area contributed by atoms with E-state index in [-0.39, 0.29) is 18.2 Å². The molecule has 0 aliphatic carbocycles. The standard InChI is InChI=1S/C24H24N6O3/c1-28-21(8-3-9-22(28)29-11-4-7-18(29)15-31)26-20-14-19(27-30-12-10-25-23(20)30)16-5-2-6-17(13-16)24(32)33/h2-3,5-6,8-10,12-14,18,31H,4,7,11,15H2,1H3,(H,32,33)/p+1. The highest BCUT2D eigenvalue weighted by Crippen LogP contribution is 2.28. The maximum atomic E-state index is 11.4. The number of hydrogen-bond acceptors (Lipinski definition) is 6. The lowest BCUT2D eigenvalue weighted by Crippen LogP contribution is -2.44. The van der Waals surface area contributed by atoms with Crippen molar-refractivity contribution < 1.29 is 19.6 Å². The maximum Gasteiger partial charge on any atom is 0.335 e.